The third kappa shape index (κ3) is 4.69. The number of fused-ring (bicyclic) bond motifs is 1. The number of nitrogens with one attached hydrogen (secondary N) is 1. The van der Waals surface area contributed by atoms with E-state index in [1.54, 1.807) is 0 Å². The average Bonchev–Trinajstić information content (AvgIpc) is 2.49. The zero-order chi connectivity index (χ0) is 15.1. The topological polar surface area (TPSA) is 43.4 Å². The number of ether oxygens (including phenoxy) is 2. The molecule has 1 aromatic carbocycles. The van der Waals surface area contributed by atoms with Crippen molar-refractivity contribution < 1.29 is 9.47 Å². The van der Waals surface area contributed by atoms with E-state index in [9.17, 15) is 0 Å². The van der Waals surface area contributed by atoms with Crippen LogP contribution in [-0.2, 0) is 11.3 Å². The number of aromatic nitrogens is 1. The Kier molecular flexibility index (Phi) is 5.96. The normalized spacial score (nSPS) is 11.2. The van der Waals surface area contributed by atoms with E-state index in [1.807, 2.05) is 31.2 Å². The van der Waals surface area contributed by atoms with Gasteiger partial charge in [0, 0.05) is 30.6 Å². The van der Waals surface area contributed by atoms with Crippen molar-refractivity contribution in [2.24, 2.45) is 0 Å². The van der Waals surface area contributed by atoms with Gasteiger partial charge >= 0.3 is 0 Å². The molecule has 21 heavy (non-hydrogen) atoms. The highest BCUT2D eigenvalue weighted by Gasteiger charge is 2.07. The summed E-state index contributed by atoms with van der Waals surface area (Å²) < 4.78 is 11.0. The number of nitrogens with zero attached hydrogens (tertiary/aromatic N) is 1. The SMILES string of the molecule is CCOCCOc1cc(CNC(C)C)c2ccccc2n1. The second-order valence-corrected chi connectivity index (χ2v) is 5.22. The molecule has 0 aliphatic rings. The van der Waals surface area contributed by atoms with Gasteiger partial charge in [-0.15, -0.1) is 0 Å². The molecule has 0 bridgehead atoms. The van der Waals surface area contributed by atoms with Crippen LogP contribution < -0.4 is 10.1 Å². The fourth-order valence-corrected chi connectivity index (χ4v) is 2.10. The Hall–Kier alpha value is -1.65. The first-order valence-corrected chi connectivity index (χ1v) is 7.53. The van der Waals surface area contributed by atoms with Crippen molar-refractivity contribution in [3.8, 4) is 5.88 Å². The molecule has 114 valence electrons. The molecule has 0 atom stereocenters. The van der Waals surface area contributed by atoms with Crippen LogP contribution in [0.2, 0.25) is 0 Å². The molecule has 0 aliphatic heterocycles. The molecule has 4 nitrogen and oxygen atoms in total. The van der Waals surface area contributed by atoms with Crippen molar-refractivity contribution in [1.82, 2.24) is 10.3 Å². The zero-order valence-electron chi connectivity index (χ0n) is 13.1. The maximum atomic E-state index is 5.70. The summed E-state index contributed by atoms with van der Waals surface area (Å²) in [4.78, 5) is 4.56. The Morgan fingerprint density at radius 3 is 2.76 bits per heavy atom. The predicted octanol–water partition coefficient (Wildman–Crippen LogP) is 3.15. The number of pyridine rings is 1. The molecule has 0 spiro atoms. The quantitative estimate of drug-likeness (QED) is 0.758. The molecule has 4 heteroatoms. The predicted molar refractivity (Wildman–Crippen MR) is 85.7 cm³/mol. The number of benzene rings is 1. The van der Waals surface area contributed by atoms with Gasteiger partial charge in [0.15, 0.2) is 0 Å². The lowest BCUT2D eigenvalue weighted by Crippen LogP contribution is -2.22. The molecule has 0 radical (unpaired) electrons. The zero-order valence-corrected chi connectivity index (χ0v) is 13.1. The summed E-state index contributed by atoms with van der Waals surface area (Å²) in [6.45, 7) is 8.89. The monoisotopic (exact) mass is 288 g/mol. The first-order chi connectivity index (χ1) is 10.2. The third-order valence-corrected chi connectivity index (χ3v) is 3.16. The van der Waals surface area contributed by atoms with Crippen molar-refractivity contribution in [2.45, 2.75) is 33.4 Å². The van der Waals surface area contributed by atoms with Gasteiger partial charge in [0.2, 0.25) is 5.88 Å². The van der Waals surface area contributed by atoms with Crippen molar-refractivity contribution in [2.75, 3.05) is 19.8 Å². The average molecular weight is 288 g/mol. The molecule has 0 fully saturated rings. The highest BCUT2D eigenvalue weighted by molar-refractivity contribution is 5.82. The molecule has 0 unspecified atom stereocenters. The molecule has 1 heterocycles. The van der Waals surface area contributed by atoms with Crippen molar-refractivity contribution in [1.29, 1.82) is 0 Å². The van der Waals surface area contributed by atoms with Crippen molar-refractivity contribution >= 4 is 10.9 Å². The minimum Gasteiger partial charge on any atom is -0.475 e. The number of hydrogen-bond acceptors (Lipinski definition) is 4. The maximum absolute atomic E-state index is 5.70. The molecule has 0 amide bonds. The van der Waals surface area contributed by atoms with Gasteiger partial charge in [0.05, 0.1) is 12.1 Å². The molecule has 0 saturated carbocycles. The van der Waals surface area contributed by atoms with Gasteiger partial charge < -0.3 is 14.8 Å². The van der Waals surface area contributed by atoms with Gasteiger partial charge in [-0.2, -0.15) is 0 Å². The van der Waals surface area contributed by atoms with Crippen molar-refractivity contribution in [3.63, 3.8) is 0 Å². The summed E-state index contributed by atoms with van der Waals surface area (Å²) in [5.74, 6) is 0.661. The molecule has 0 saturated heterocycles. The van der Waals surface area contributed by atoms with Crippen molar-refractivity contribution in [3.05, 3.63) is 35.9 Å². The summed E-state index contributed by atoms with van der Waals surface area (Å²) >= 11 is 0. The molecular formula is C17H24N2O2. The fourth-order valence-electron chi connectivity index (χ4n) is 2.10. The van der Waals surface area contributed by atoms with Gasteiger partial charge in [-0.05, 0) is 18.6 Å². The third-order valence-electron chi connectivity index (χ3n) is 3.16. The first-order valence-electron chi connectivity index (χ1n) is 7.53. The second-order valence-electron chi connectivity index (χ2n) is 5.22. The van der Waals surface area contributed by atoms with E-state index in [0.717, 1.165) is 12.1 Å². The Labute approximate surface area is 126 Å². The molecular weight excluding hydrogens is 264 g/mol. The summed E-state index contributed by atoms with van der Waals surface area (Å²) in [5, 5.41) is 4.62. The van der Waals surface area contributed by atoms with Crippen LogP contribution in [0.25, 0.3) is 10.9 Å². The maximum Gasteiger partial charge on any atom is 0.214 e. The lowest BCUT2D eigenvalue weighted by atomic mass is 10.1. The van der Waals surface area contributed by atoms with Crippen LogP contribution in [-0.4, -0.2) is 30.8 Å². The van der Waals surface area contributed by atoms with E-state index in [-0.39, 0.29) is 0 Å². The Morgan fingerprint density at radius 2 is 2.00 bits per heavy atom. The van der Waals surface area contributed by atoms with Gasteiger partial charge in [-0.1, -0.05) is 32.0 Å². The number of para-hydroxylation sites is 1. The Balaban J connectivity index is 2.18. The molecule has 2 aromatic rings. The van der Waals surface area contributed by atoms with E-state index in [1.165, 1.54) is 10.9 Å². The molecule has 1 N–H and O–H groups in total. The highest BCUT2D eigenvalue weighted by atomic mass is 16.5. The van der Waals surface area contributed by atoms with E-state index in [0.29, 0.717) is 31.7 Å². The van der Waals surface area contributed by atoms with Crippen LogP contribution in [0.3, 0.4) is 0 Å². The fraction of sp³-hybridized carbons (Fsp3) is 0.471. The lowest BCUT2D eigenvalue weighted by Gasteiger charge is -2.13. The van der Waals surface area contributed by atoms with Crippen LogP contribution >= 0.6 is 0 Å². The summed E-state index contributed by atoms with van der Waals surface area (Å²) in [6, 6.07) is 10.6. The Bertz CT molecular complexity index is 570. The van der Waals surface area contributed by atoms with Gasteiger partial charge in [-0.25, -0.2) is 4.98 Å². The van der Waals surface area contributed by atoms with Crippen LogP contribution in [0.15, 0.2) is 30.3 Å². The van der Waals surface area contributed by atoms with Gasteiger partial charge in [-0.3, -0.25) is 0 Å². The number of hydrogen-bond donors (Lipinski definition) is 1. The minimum absolute atomic E-state index is 0.444. The largest absolute Gasteiger partial charge is 0.475 e. The second kappa shape index (κ2) is 7.96. The smallest absolute Gasteiger partial charge is 0.214 e. The van der Waals surface area contributed by atoms with E-state index >= 15 is 0 Å². The molecule has 1 aromatic heterocycles. The van der Waals surface area contributed by atoms with Gasteiger partial charge in [0.1, 0.15) is 6.61 Å². The molecule has 2 rings (SSSR count). The summed E-state index contributed by atoms with van der Waals surface area (Å²) in [6.07, 6.45) is 0. The lowest BCUT2D eigenvalue weighted by molar-refractivity contribution is 0.108. The standard InChI is InChI=1S/C17H24N2O2/c1-4-20-9-10-21-17-11-14(12-18-13(2)3)15-7-5-6-8-16(15)19-17/h5-8,11,13,18H,4,9-10,12H2,1-3H3. The summed E-state index contributed by atoms with van der Waals surface area (Å²) in [5.41, 5.74) is 2.17. The minimum atomic E-state index is 0.444. The first kappa shape index (κ1) is 15.7. The Morgan fingerprint density at radius 1 is 1.19 bits per heavy atom. The summed E-state index contributed by atoms with van der Waals surface area (Å²) in [7, 11) is 0. The van der Waals surface area contributed by atoms with E-state index in [2.05, 4.69) is 30.2 Å². The van der Waals surface area contributed by atoms with Crippen LogP contribution in [0, 0.1) is 0 Å². The van der Waals surface area contributed by atoms with Gasteiger partial charge in [0.25, 0.3) is 0 Å². The van der Waals surface area contributed by atoms with E-state index in [4.69, 9.17) is 9.47 Å². The van der Waals surface area contributed by atoms with E-state index < -0.39 is 0 Å². The van der Waals surface area contributed by atoms with Crippen LogP contribution in [0.1, 0.15) is 26.3 Å². The highest BCUT2D eigenvalue weighted by Crippen LogP contribution is 2.22. The van der Waals surface area contributed by atoms with Crippen LogP contribution in [0.4, 0.5) is 0 Å². The van der Waals surface area contributed by atoms with Crippen LogP contribution in [0.5, 0.6) is 5.88 Å². The number of rotatable bonds is 8. The molecule has 0 aliphatic carbocycles.